The molecule has 2 aromatic carbocycles. The van der Waals surface area contributed by atoms with Gasteiger partial charge in [-0.15, -0.1) is 0 Å². The summed E-state index contributed by atoms with van der Waals surface area (Å²) < 4.78 is 28.4. The lowest BCUT2D eigenvalue weighted by Crippen LogP contribution is -2.34. The fourth-order valence-corrected chi connectivity index (χ4v) is 5.21. The number of rotatable bonds is 6. The Bertz CT molecular complexity index is 1150. The molecule has 2 aromatic rings. The lowest BCUT2D eigenvalue weighted by atomic mass is 9.74. The fraction of sp³-hybridized carbons (Fsp3) is 0.481. The average Bonchev–Trinajstić information content (AvgIpc) is 3.59. The number of ether oxygens (including phenoxy) is 5. The van der Waals surface area contributed by atoms with Gasteiger partial charge in [-0.05, 0) is 64.1 Å². The van der Waals surface area contributed by atoms with Crippen LogP contribution in [0.2, 0.25) is 0 Å². The van der Waals surface area contributed by atoms with E-state index in [9.17, 15) is 9.59 Å². The van der Waals surface area contributed by atoms with Crippen LogP contribution in [0.4, 0.5) is 0 Å². The van der Waals surface area contributed by atoms with Crippen LogP contribution in [0.25, 0.3) is 0 Å². The van der Waals surface area contributed by atoms with Crippen molar-refractivity contribution in [1.29, 1.82) is 0 Å². The van der Waals surface area contributed by atoms with E-state index in [1.54, 1.807) is 24.3 Å². The Balaban J connectivity index is 1.53. The number of methoxy groups -OCH3 is 2. The molecule has 0 aromatic heterocycles. The second-order valence-corrected chi connectivity index (χ2v) is 10.7. The summed E-state index contributed by atoms with van der Waals surface area (Å²) in [4.78, 5) is 26.6. The molecule has 7 nitrogen and oxygen atoms in total. The molecule has 0 bridgehead atoms. The summed E-state index contributed by atoms with van der Waals surface area (Å²) in [5.74, 6) is -1.72. The first-order valence-electron chi connectivity index (χ1n) is 11.3. The summed E-state index contributed by atoms with van der Waals surface area (Å²) >= 11 is 0. The number of carbonyl (C=O) groups is 2. The molecule has 3 aliphatic heterocycles. The van der Waals surface area contributed by atoms with E-state index < -0.39 is 28.2 Å². The summed E-state index contributed by atoms with van der Waals surface area (Å²) in [7, 11) is 2.95. The Morgan fingerprint density at radius 2 is 1.03 bits per heavy atom. The second kappa shape index (κ2) is 6.76. The summed E-state index contributed by atoms with van der Waals surface area (Å²) in [6, 6.07) is 10.7. The fourth-order valence-electron chi connectivity index (χ4n) is 5.21. The molecule has 0 aliphatic carbocycles. The number of fused-ring (bicyclic) bond motifs is 2. The lowest BCUT2D eigenvalue weighted by Gasteiger charge is -2.35. The van der Waals surface area contributed by atoms with E-state index in [1.165, 1.54) is 14.2 Å². The number of hydrogen-bond donors (Lipinski definition) is 0. The van der Waals surface area contributed by atoms with Gasteiger partial charge in [0.2, 0.25) is 11.6 Å². The van der Waals surface area contributed by atoms with E-state index >= 15 is 0 Å². The zero-order valence-electron chi connectivity index (χ0n) is 20.8. The Hall–Kier alpha value is -2.58. The van der Waals surface area contributed by atoms with Crippen molar-refractivity contribution < 1.29 is 33.3 Å². The standard InChI is InChI=1S/C27H30O7/c1-23(2)17-13-15(21(28)26(30-7)24(3,4)33-26)9-11-19(17)32-20-12-10-16(14-18(20)23)22(29)27(31-8)25(5,6)34-27/h9-14H,1-8H3. The predicted molar refractivity (Wildman–Crippen MR) is 124 cm³/mol. The number of carbonyl (C=O) groups excluding carboxylic acids is 2. The molecule has 3 aliphatic rings. The molecule has 0 amide bonds. The smallest absolute Gasteiger partial charge is 0.263 e. The van der Waals surface area contributed by atoms with Crippen LogP contribution < -0.4 is 4.74 Å². The maximum atomic E-state index is 13.3. The highest BCUT2D eigenvalue weighted by atomic mass is 16.8. The summed E-state index contributed by atoms with van der Waals surface area (Å²) in [6.07, 6.45) is 0. The average molecular weight is 467 g/mol. The summed E-state index contributed by atoms with van der Waals surface area (Å²) in [6.45, 7) is 11.4. The number of ketones is 2. The molecular weight excluding hydrogens is 436 g/mol. The molecule has 34 heavy (non-hydrogen) atoms. The highest BCUT2D eigenvalue weighted by molar-refractivity contribution is 6.05. The maximum absolute atomic E-state index is 13.3. The largest absolute Gasteiger partial charge is 0.457 e. The summed E-state index contributed by atoms with van der Waals surface area (Å²) in [5.41, 5.74) is 0.691. The van der Waals surface area contributed by atoms with Crippen molar-refractivity contribution >= 4 is 11.6 Å². The van der Waals surface area contributed by atoms with Crippen LogP contribution in [0, 0.1) is 0 Å². The molecule has 7 heteroatoms. The highest BCUT2D eigenvalue weighted by Gasteiger charge is 2.71. The monoisotopic (exact) mass is 466 g/mol. The zero-order valence-corrected chi connectivity index (χ0v) is 20.8. The molecule has 3 heterocycles. The normalized spacial score (nSPS) is 28.8. The molecule has 0 N–H and O–H groups in total. The molecule has 2 saturated heterocycles. The Morgan fingerprint density at radius 1 is 0.676 bits per heavy atom. The van der Waals surface area contributed by atoms with Crippen molar-refractivity contribution in [2.45, 2.75) is 69.7 Å². The van der Waals surface area contributed by atoms with Gasteiger partial charge in [-0.1, -0.05) is 13.8 Å². The van der Waals surface area contributed by atoms with E-state index in [2.05, 4.69) is 0 Å². The molecule has 0 radical (unpaired) electrons. The van der Waals surface area contributed by atoms with Gasteiger partial charge in [0, 0.05) is 41.9 Å². The van der Waals surface area contributed by atoms with Crippen LogP contribution in [-0.4, -0.2) is 48.6 Å². The van der Waals surface area contributed by atoms with Crippen LogP contribution in [0.3, 0.4) is 0 Å². The van der Waals surface area contributed by atoms with Crippen molar-refractivity contribution in [3.63, 3.8) is 0 Å². The van der Waals surface area contributed by atoms with Gasteiger partial charge >= 0.3 is 0 Å². The van der Waals surface area contributed by atoms with E-state index in [0.717, 1.165) is 11.1 Å². The minimum Gasteiger partial charge on any atom is -0.457 e. The number of hydrogen-bond acceptors (Lipinski definition) is 7. The first-order valence-corrected chi connectivity index (χ1v) is 11.3. The molecule has 2 atom stereocenters. The Kier molecular flexibility index (Phi) is 4.61. The zero-order chi connectivity index (χ0) is 24.9. The third kappa shape index (κ3) is 2.84. The predicted octanol–water partition coefficient (Wildman–Crippen LogP) is 4.79. The third-order valence-corrected chi connectivity index (χ3v) is 7.52. The van der Waals surface area contributed by atoms with Crippen LogP contribution in [0.1, 0.15) is 73.4 Å². The number of Topliss-reactive ketones (excluding diaryl/α,β-unsaturated/α-hetero) is 2. The van der Waals surface area contributed by atoms with Gasteiger partial charge in [0.25, 0.3) is 11.6 Å². The SMILES string of the molecule is COC1(C(=O)c2ccc3c(c2)C(C)(C)c2cc(C(=O)C4(OC)OC4(C)C)ccc2O3)OC1(C)C. The number of epoxide rings is 2. The van der Waals surface area contributed by atoms with Crippen LogP contribution >= 0.6 is 0 Å². The van der Waals surface area contributed by atoms with Gasteiger partial charge in [0.1, 0.15) is 22.7 Å². The van der Waals surface area contributed by atoms with Crippen LogP contribution in [0.5, 0.6) is 11.5 Å². The van der Waals surface area contributed by atoms with Gasteiger partial charge in [0.05, 0.1) is 0 Å². The molecule has 0 spiro atoms. The molecule has 180 valence electrons. The molecule has 5 rings (SSSR count). The van der Waals surface area contributed by atoms with Crippen molar-refractivity contribution in [2.75, 3.05) is 14.2 Å². The van der Waals surface area contributed by atoms with E-state index in [-0.39, 0.29) is 11.6 Å². The van der Waals surface area contributed by atoms with Crippen molar-refractivity contribution in [2.24, 2.45) is 0 Å². The van der Waals surface area contributed by atoms with Gasteiger partial charge in [-0.2, -0.15) is 0 Å². The van der Waals surface area contributed by atoms with Crippen LogP contribution in [-0.2, 0) is 24.4 Å². The molecule has 2 unspecified atom stereocenters. The molecule has 0 saturated carbocycles. The minimum absolute atomic E-state index is 0.233. The van der Waals surface area contributed by atoms with E-state index in [0.29, 0.717) is 22.6 Å². The summed E-state index contributed by atoms with van der Waals surface area (Å²) in [5, 5.41) is 0. The van der Waals surface area contributed by atoms with Gasteiger partial charge in [-0.25, -0.2) is 0 Å². The van der Waals surface area contributed by atoms with Crippen molar-refractivity contribution in [3.05, 3.63) is 58.7 Å². The Morgan fingerprint density at radius 3 is 1.32 bits per heavy atom. The van der Waals surface area contributed by atoms with Gasteiger partial charge in [-0.3, -0.25) is 9.59 Å². The lowest BCUT2D eigenvalue weighted by molar-refractivity contribution is 0.00127. The quantitative estimate of drug-likeness (QED) is 0.447. The highest BCUT2D eigenvalue weighted by Crippen LogP contribution is 2.53. The first-order chi connectivity index (χ1) is 15.8. The molecular formula is C27H30O7. The van der Waals surface area contributed by atoms with E-state index in [4.69, 9.17) is 23.7 Å². The van der Waals surface area contributed by atoms with E-state index in [1.807, 2.05) is 53.7 Å². The topological polar surface area (TPSA) is 86.9 Å². The molecule has 2 fully saturated rings. The minimum atomic E-state index is -1.29. The third-order valence-electron chi connectivity index (χ3n) is 7.52. The maximum Gasteiger partial charge on any atom is 0.263 e. The van der Waals surface area contributed by atoms with Gasteiger partial charge < -0.3 is 23.7 Å². The van der Waals surface area contributed by atoms with Crippen molar-refractivity contribution in [1.82, 2.24) is 0 Å². The van der Waals surface area contributed by atoms with Crippen molar-refractivity contribution in [3.8, 4) is 11.5 Å². The number of benzene rings is 2. The van der Waals surface area contributed by atoms with Crippen LogP contribution in [0.15, 0.2) is 36.4 Å². The second-order valence-electron chi connectivity index (χ2n) is 10.7. The Labute approximate surface area is 199 Å². The first kappa shape index (κ1) is 23.2. The van der Waals surface area contributed by atoms with Gasteiger partial charge in [0.15, 0.2) is 0 Å².